The Labute approximate surface area is 107 Å². The highest BCUT2D eigenvalue weighted by atomic mass is 16.5. The van der Waals surface area contributed by atoms with Crippen molar-refractivity contribution in [3.63, 3.8) is 0 Å². The van der Waals surface area contributed by atoms with Crippen LogP contribution < -0.4 is 0 Å². The zero-order valence-electron chi connectivity index (χ0n) is 11.5. The van der Waals surface area contributed by atoms with Gasteiger partial charge in [0.2, 0.25) is 0 Å². The van der Waals surface area contributed by atoms with E-state index >= 15 is 0 Å². The maximum Gasteiger partial charge on any atom is 0.0739 e. The van der Waals surface area contributed by atoms with E-state index in [4.69, 9.17) is 4.74 Å². The first-order valence-corrected chi connectivity index (χ1v) is 7.76. The molecule has 0 aliphatic heterocycles. The maximum absolute atomic E-state index is 6.20. The Morgan fingerprint density at radius 2 is 1.29 bits per heavy atom. The minimum atomic E-state index is -0.0599. The lowest BCUT2D eigenvalue weighted by molar-refractivity contribution is -0.106. The molecule has 2 saturated carbocycles. The van der Waals surface area contributed by atoms with Gasteiger partial charge in [0.15, 0.2) is 0 Å². The molecule has 0 spiro atoms. The first-order valence-electron chi connectivity index (χ1n) is 7.76. The number of ether oxygens (including phenoxy) is 1. The van der Waals surface area contributed by atoms with Gasteiger partial charge in [0.25, 0.3) is 0 Å². The molecule has 0 aromatic carbocycles. The number of hydrogen-bond acceptors (Lipinski definition) is 1. The van der Waals surface area contributed by atoms with Gasteiger partial charge in [-0.2, -0.15) is 0 Å². The molecule has 0 unspecified atom stereocenters. The standard InChI is InChI=1S/C16H29O/c1-3-17-16(2,14-10-6-4-7-11-14)15-12-8-5-9-13-15/h14-15H,2-13H2,1H3. The molecule has 2 aliphatic carbocycles. The molecule has 0 bridgehead atoms. The van der Waals surface area contributed by atoms with Crippen molar-refractivity contribution in [2.45, 2.75) is 76.7 Å². The van der Waals surface area contributed by atoms with Gasteiger partial charge in [0.1, 0.15) is 0 Å². The van der Waals surface area contributed by atoms with E-state index in [0.29, 0.717) is 0 Å². The van der Waals surface area contributed by atoms with Crippen LogP contribution in [0.15, 0.2) is 0 Å². The molecule has 2 fully saturated rings. The van der Waals surface area contributed by atoms with E-state index in [0.717, 1.165) is 18.4 Å². The molecule has 2 aliphatic rings. The van der Waals surface area contributed by atoms with Crippen LogP contribution in [0.3, 0.4) is 0 Å². The van der Waals surface area contributed by atoms with E-state index in [-0.39, 0.29) is 5.60 Å². The highest BCUT2D eigenvalue weighted by molar-refractivity contribution is 4.98. The third kappa shape index (κ3) is 3.05. The smallest absolute Gasteiger partial charge is 0.0739 e. The molecular weight excluding hydrogens is 208 g/mol. The summed E-state index contributed by atoms with van der Waals surface area (Å²) in [5.41, 5.74) is -0.0599. The van der Waals surface area contributed by atoms with Crippen LogP contribution >= 0.6 is 0 Å². The molecule has 0 heterocycles. The Balaban J connectivity index is 2.05. The Kier molecular flexibility index (Phi) is 4.90. The SMILES string of the molecule is [CH2]C(OCC)(C1CCCCC1)C1CCCCC1. The normalized spacial score (nSPS) is 25.1. The van der Waals surface area contributed by atoms with Crippen molar-refractivity contribution in [2.75, 3.05) is 6.61 Å². The third-order valence-electron chi connectivity index (χ3n) is 5.01. The molecule has 1 nitrogen and oxygen atoms in total. The van der Waals surface area contributed by atoms with Crippen molar-refractivity contribution in [3.8, 4) is 0 Å². The summed E-state index contributed by atoms with van der Waals surface area (Å²) >= 11 is 0. The van der Waals surface area contributed by atoms with Gasteiger partial charge >= 0.3 is 0 Å². The predicted octanol–water partition coefficient (Wildman–Crippen LogP) is 4.76. The first kappa shape index (κ1) is 13.4. The second kappa shape index (κ2) is 6.22. The van der Waals surface area contributed by atoms with E-state index in [1.807, 2.05) is 0 Å². The minimum Gasteiger partial charge on any atom is -0.375 e. The first-order chi connectivity index (χ1) is 8.27. The summed E-state index contributed by atoms with van der Waals surface area (Å²) in [6.45, 7) is 7.54. The van der Waals surface area contributed by atoms with E-state index in [2.05, 4.69) is 13.8 Å². The van der Waals surface area contributed by atoms with Crippen LogP contribution in [-0.4, -0.2) is 12.2 Å². The molecule has 17 heavy (non-hydrogen) atoms. The van der Waals surface area contributed by atoms with Crippen LogP contribution in [-0.2, 0) is 4.74 Å². The van der Waals surface area contributed by atoms with Gasteiger partial charge in [-0.1, -0.05) is 38.5 Å². The van der Waals surface area contributed by atoms with Gasteiger partial charge in [-0.15, -0.1) is 0 Å². The Hall–Kier alpha value is -0.0400. The third-order valence-corrected chi connectivity index (χ3v) is 5.01. The fourth-order valence-electron chi connectivity index (χ4n) is 4.02. The Morgan fingerprint density at radius 3 is 1.65 bits per heavy atom. The van der Waals surface area contributed by atoms with Gasteiger partial charge in [0.05, 0.1) is 5.60 Å². The summed E-state index contributed by atoms with van der Waals surface area (Å²) in [5, 5.41) is 0. The average molecular weight is 237 g/mol. The predicted molar refractivity (Wildman–Crippen MR) is 72.9 cm³/mol. The van der Waals surface area contributed by atoms with Crippen LogP contribution in [0.5, 0.6) is 0 Å². The molecule has 2 rings (SSSR count). The molecule has 0 aromatic rings. The van der Waals surface area contributed by atoms with E-state index < -0.39 is 0 Å². The van der Waals surface area contributed by atoms with Gasteiger partial charge in [-0.05, 0) is 51.4 Å². The topological polar surface area (TPSA) is 9.23 Å². The molecule has 99 valence electrons. The van der Waals surface area contributed by atoms with Crippen molar-refractivity contribution in [2.24, 2.45) is 11.8 Å². The molecule has 1 radical (unpaired) electrons. The second-order valence-electron chi connectivity index (χ2n) is 6.06. The molecule has 1 heteroatoms. The summed E-state index contributed by atoms with van der Waals surface area (Å²) < 4.78 is 6.20. The van der Waals surface area contributed by atoms with Gasteiger partial charge in [-0.3, -0.25) is 0 Å². The van der Waals surface area contributed by atoms with Gasteiger partial charge in [0, 0.05) is 6.61 Å². The van der Waals surface area contributed by atoms with Gasteiger partial charge < -0.3 is 4.74 Å². The summed E-state index contributed by atoms with van der Waals surface area (Å²) in [4.78, 5) is 0. The monoisotopic (exact) mass is 237 g/mol. The zero-order valence-corrected chi connectivity index (χ0v) is 11.5. The highest BCUT2D eigenvalue weighted by Crippen LogP contribution is 2.44. The summed E-state index contributed by atoms with van der Waals surface area (Å²) in [5.74, 6) is 1.44. The Morgan fingerprint density at radius 1 is 0.882 bits per heavy atom. The van der Waals surface area contributed by atoms with Crippen molar-refractivity contribution < 1.29 is 4.74 Å². The van der Waals surface area contributed by atoms with Crippen LogP contribution in [0.1, 0.15) is 71.1 Å². The van der Waals surface area contributed by atoms with Crippen LogP contribution in [0.2, 0.25) is 0 Å². The number of hydrogen-bond donors (Lipinski definition) is 0. The van der Waals surface area contributed by atoms with Crippen molar-refractivity contribution in [3.05, 3.63) is 6.92 Å². The fourth-order valence-corrected chi connectivity index (χ4v) is 4.02. The van der Waals surface area contributed by atoms with Crippen molar-refractivity contribution in [1.29, 1.82) is 0 Å². The largest absolute Gasteiger partial charge is 0.375 e. The van der Waals surface area contributed by atoms with Crippen LogP contribution in [0, 0.1) is 18.8 Å². The molecule has 0 N–H and O–H groups in total. The minimum absolute atomic E-state index is 0.0599. The van der Waals surface area contributed by atoms with E-state index in [9.17, 15) is 0 Å². The second-order valence-corrected chi connectivity index (χ2v) is 6.06. The van der Waals surface area contributed by atoms with Crippen LogP contribution in [0.4, 0.5) is 0 Å². The maximum atomic E-state index is 6.20. The lowest BCUT2D eigenvalue weighted by atomic mass is 9.67. The molecule has 0 aromatic heterocycles. The van der Waals surface area contributed by atoms with E-state index in [1.165, 1.54) is 64.2 Å². The van der Waals surface area contributed by atoms with Crippen molar-refractivity contribution in [1.82, 2.24) is 0 Å². The van der Waals surface area contributed by atoms with E-state index in [1.54, 1.807) is 0 Å². The molecule has 0 amide bonds. The quantitative estimate of drug-likeness (QED) is 0.685. The van der Waals surface area contributed by atoms with Crippen molar-refractivity contribution >= 4 is 0 Å². The molecular formula is C16H29O. The highest BCUT2D eigenvalue weighted by Gasteiger charge is 2.42. The Bertz CT molecular complexity index is 194. The molecule has 0 saturated heterocycles. The summed E-state index contributed by atoms with van der Waals surface area (Å²) in [6, 6.07) is 0. The molecule has 0 atom stereocenters. The average Bonchev–Trinajstić information content (AvgIpc) is 2.41. The number of rotatable bonds is 4. The summed E-state index contributed by atoms with van der Waals surface area (Å²) in [6.07, 6.45) is 13.8. The zero-order chi connectivity index (χ0) is 12.1. The van der Waals surface area contributed by atoms with Crippen LogP contribution in [0.25, 0.3) is 0 Å². The lowest BCUT2D eigenvalue weighted by Gasteiger charge is -2.46. The van der Waals surface area contributed by atoms with Gasteiger partial charge in [-0.25, -0.2) is 0 Å². The summed E-state index contributed by atoms with van der Waals surface area (Å²) in [7, 11) is 0. The lowest BCUT2D eigenvalue weighted by Crippen LogP contribution is -2.47. The fraction of sp³-hybridized carbons (Fsp3) is 0.938.